The van der Waals surface area contributed by atoms with Gasteiger partial charge in [-0.15, -0.1) is 0 Å². The van der Waals surface area contributed by atoms with E-state index in [9.17, 15) is 24.0 Å². The van der Waals surface area contributed by atoms with E-state index in [0.29, 0.717) is 51.7 Å². The minimum Gasteiger partial charge on any atom is -0.428 e. The van der Waals surface area contributed by atoms with Crippen molar-refractivity contribution in [3.8, 4) is 6.26 Å². The van der Waals surface area contributed by atoms with Crippen LogP contribution in [-0.2, 0) is 27.4 Å². The van der Waals surface area contributed by atoms with Crippen LogP contribution in [0.25, 0.3) is 0 Å². The van der Waals surface area contributed by atoms with Crippen LogP contribution in [0.15, 0.2) is 48.7 Å². The molecule has 0 saturated heterocycles. The molecule has 0 bridgehead atoms. The molecule has 1 unspecified atom stereocenters. The van der Waals surface area contributed by atoms with Crippen LogP contribution in [0, 0.1) is 11.5 Å². The summed E-state index contributed by atoms with van der Waals surface area (Å²) in [6.07, 6.45) is 14.7. The van der Waals surface area contributed by atoms with Crippen molar-refractivity contribution in [3.63, 3.8) is 0 Å². The summed E-state index contributed by atoms with van der Waals surface area (Å²) in [5, 5.41) is 8.40. The number of aromatic nitrogens is 3. The Balaban J connectivity index is 3.24. The maximum atomic E-state index is 13.2. The van der Waals surface area contributed by atoms with E-state index in [4.69, 9.17) is 5.26 Å². The molecule has 36 heavy (non-hydrogen) atoms. The third kappa shape index (κ3) is 10.1. The number of allylic oxidation sites excluding steroid dienone is 3. The zero-order valence-corrected chi connectivity index (χ0v) is 20.5. The van der Waals surface area contributed by atoms with E-state index < -0.39 is 23.2 Å². The average Bonchev–Trinajstić information content (AvgIpc) is 2.86. The lowest BCUT2D eigenvalue weighted by Gasteiger charge is -2.16. The Kier molecular flexibility index (Phi) is 15.2. The fraction of sp³-hybridized carbons (Fsp3) is 0.583. The Morgan fingerprint density at radius 1 is 0.861 bits per heavy atom. The number of ether oxygens (including phenoxy) is 1. The third-order valence-electron chi connectivity index (χ3n) is 5.28. The number of carbonyl (C=O) groups excluding carboxylic acids is 2. The number of rotatable bonds is 18. The summed E-state index contributed by atoms with van der Waals surface area (Å²) in [7, 11) is 0. The van der Waals surface area contributed by atoms with E-state index in [1.807, 2.05) is 0 Å². The van der Waals surface area contributed by atoms with Crippen LogP contribution >= 0.6 is 0 Å². The van der Waals surface area contributed by atoms with Gasteiger partial charge in [-0.25, -0.2) is 42.7 Å². The molecule has 0 amide bonds. The summed E-state index contributed by atoms with van der Waals surface area (Å²) < 4.78 is 7.39. The molecule has 1 aromatic rings. The van der Waals surface area contributed by atoms with Crippen molar-refractivity contribution in [1.82, 2.24) is 13.7 Å². The summed E-state index contributed by atoms with van der Waals surface area (Å²) in [4.78, 5) is 67.6. The van der Waals surface area contributed by atoms with Gasteiger partial charge in [0.2, 0.25) is 12.2 Å². The highest BCUT2D eigenvalue weighted by Crippen LogP contribution is 2.06. The van der Waals surface area contributed by atoms with Crippen LogP contribution in [-0.4, -0.2) is 39.0 Å². The van der Waals surface area contributed by atoms with E-state index in [2.05, 4.69) is 14.7 Å². The zero-order valence-electron chi connectivity index (χ0n) is 20.5. The molecule has 0 aromatic carbocycles. The minimum atomic E-state index is -1.25. The molecule has 1 atom stereocenters. The summed E-state index contributed by atoms with van der Waals surface area (Å²) in [6, 6.07) is 0. The second-order valence-electron chi connectivity index (χ2n) is 7.81. The molecule has 0 aliphatic carbocycles. The van der Waals surface area contributed by atoms with Gasteiger partial charge in [-0.1, -0.05) is 37.5 Å². The van der Waals surface area contributed by atoms with Gasteiger partial charge in [-0.2, -0.15) is 10.3 Å². The lowest BCUT2D eigenvalue weighted by atomic mass is 10.2. The number of nitrogens with zero attached hydrogens (tertiary/aromatic N) is 6. The smallest absolute Gasteiger partial charge is 0.338 e. The Morgan fingerprint density at radius 3 is 2.03 bits per heavy atom. The van der Waals surface area contributed by atoms with Crippen molar-refractivity contribution < 1.29 is 14.3 Å². The van der Waals surface area contributed by atoms with E-state index in [0.717, 1.165) is 26.5 Å². The van der Waals surface area contributed by atoms with Crippen LogP contribution in [0.2, 0.25) is 0 Å². The molecular weight excluding hydrogens is 468 g/mol. The number of nitriles is 1. The second kappa shape index (κ2) is 18.3. The van der Waals surface area contributed by atoms with Crippen molar-refractivity contribution >= 4 is 12.2 Å². The van der Waals surface area contributed by atoms with E-state index in [1.54, 1.807) is 31.4 Å². The maximum Gasteiger partial charge on any atom is 0.338 e. The lowest BCUT2D eigenvalue weighted by molar-refractivity contribution is 0.259. The number of aliphatic imine (C=N–C) groups is 2. The number of isocyanates is 2. The standard InChI is InChI=1S/C24H32N6O6/c1-2-3-8-13-21(27-20-32)30-23(34)28(15-10-5-4-9-14-26-19-31)22(33)29(24(30)35)16-11-6-7-12-17-36-18-25/h2-3,8,13,21H,4-7,9-12,14-17H2,1H3/b3-2+,13-8+. The molecule has 0 radical (unpaired) electrons. The normalized spacial score (nSPS) is 11.7. The van der Waals surface area contributed by atoms with Crippen LogP contribution in [0.4, 0.5) is 0 Å². The van der Waals surface area contributed by atoms with Gasteiger partial charge in [0.05, 0.1) is 6.54 Å². The third-order valence-corrected chi connectivity index (χ3v) is 5.28. The quantitative estimate of drug-likeness (QED) is 0.0981. The molecule has 1 heterocycles. The predicted molar refractivity (Wildman–Crippen MR) is 132 cm³/mol. The first kappa shape index (κ1) is 30.0. The molecule has 0 spiro atoms. The van der Waals surface area contributed by atoms with E-state index in [-0.39, 0.29) is 13.1 Å². The molecule has 1 aromatic heterocycles. The first-order valence-electron chi connectivity index (χ1n) is 11.9. The molecule has 0 N–H and O–H groups in total. The number of hydrogen-bond donors (Lipinski definition) is 0. The molecule has 1 rings (SSSR count). The van der Waals surface area contributed by atoms with Gasteiger partial charge in [0.25, 0.3) is 6.26 Å². The van der Waals surface area contributed by atoms with Crippen molar-refractivity contribution in [2.45, 2.75) is 77.5 Å². The van der Waals surface area contributed by atoms with Gasteiger partial charge >= 0.3 is 17.1 Å². The summed E-state index contributed by atoms with van der Waals surface area (Å²) in [5.41, 5.74) is -2.42. The number of unbranched alkanes of at least 4 members (excludes halogenated alkanes) is 6. The van der Waals surface area contributed by atoms with Crippen molar-refractivity contribution in [3.05, 3.63) is 55.8 Å². The van der Waals surface area contributed by atoms with Gasteiger partial charge in [-0.05, 0) is 45.1 Å². The summed E-state index contributed by atoms with van der Waals surface area (Å²) in [5.74, 6) is 0. The highest BCUT2D eigenvalue weighted by molar-refractivity contribution is 5.34. The van der Waals surface area contributed by atoms with Crippen LogP contribution in [0.5, 0.6) is 0 Å². The first-order chi connectivity index (χ1) is 17.5. The molecule has 0 aliphatic rings. The van der Waals surface area contributed by atoms with Crippen molar-refractivity contribution in [1.29, 1.82) is 5.26 Å². The highest BCUT2D eigenvalue weighted by atomic mass is 16.5. The first-order valence-corrected chi connectivity index (χ1v) is 11.9. The summed E-state index contributed by atoms with van der Waals surface area (Å²) >= 11 is 0. The van der Waals surface area contributed by atoms with Crippen molar-refractivity contribution in [2.75, 3.05) is 13.2 Å². The predicted octanol–water partition coefficient (Wildman–Crippen LogP) is 2.09. The Hall–Kier alpha value is -4.06. The van der Waals surface area contributed by atoms with Crippen LogP contribution < -0.4 is 17.1 Å². The van der Waals surface area contributed by atoms with Gasteiger partial charge < -0.3 is 4.74 Å². The van der Waals surface area contributed by atoms with Crippen LogP contribution in [0.1, 0.15) is 64.5 Å². The highest BCUT2D eigenvalue weighted by Gasteiger charge is 2.20. The second-order valence-corrected chi connectivity index (χ2v) is 7.81. The monoisotopic (exact) mass is 500 g/mol. The topological polar surface area (TPSA) is 158 Å². The largest absolute Gasteiger partial charge is 0.428 e. The van der Waals surface area contributed by atoms with Crippen LogP contribution in [0.3, 0.4) is 0 Å². The lowest BCUT2D eigenvalue weighted by Crippen LogP contribution is -2.55. The average molecular weight is 501 g/mol. The fourth-order valence-corrected chi connectivity index (χ4v) is 3.48. The van der Waals surface area contributed by atoms with E-state index >= 15 is 0 Å². The van der Waals surface area contributed by atoms with Gasteiger partial charge in [0.1, 0.15) is 6.61 Å². The van der Waals surface area contributed by atoms with Crippen molar-refractivity contribution in [2.24, 2.45) is 9.98 Å². The molecule has 0 aliphatic heterocycles. The fourth-order valence-electron chi connectivity index (χ4n) is 3.48. The molecule has 0 fully saturated rings. The zero-order chi connectivity index (χ0) is 26.6. The Morgan fingerprint density at radius 2 is 1.47 bits per heavy atom. The minimum absolute atomic E-state index is 0.0799. The Bertz CT molecular complexity index is 1190. The maximum absolute atomic E-state index is 13.2. The molecule has 12 nitrogen and oxygen atoms in total. The van der Waals surface area contributed by atoms with E-state index in [1.165, 1.54) is 18.2 Å². The molecule has 12 heteroatoms. The SMILES string of the molecule is C/C=C/C=C/C(N=C=O)n1c(=O)n(CCCCCCN=C=O)c(=O)n(CCCCCCOC#N)c1=O. The Labute approximate surface area is 208 Å². The molecule has 194 valence electrons. The van der Waals surface area contributed by atoms with Gasteiger partial charge in [0, 0.05) is 13.1 Å². The van der Waals surface area contributed by atoms with Gasteiger partial charge in [-0.3, -0.25) is 0 Å². The molecule has 0 saturated carbocycles. The molecular formula is C24H32N6O6. The summed E-state index contributed by atoms with van der Waals surface area (Å²) in [6.45, 7) is 2.61. The van der Waals surface area contributed by atoms with Gasteiger partial charge in [0.15, 0.2) is 6.17 Å². The number of hydrogen-bond acceptors (Lipinski definition) is 9.